The van der Waals surface area contributed by atoms with E-state index in [0.717, 1.165) is 35.9 Å². The number of benzene rings is 4. The average Bonchev–Trinajstić information content (AvgIpc) is 4.16. The molecule has 1 fully saturated rings. The number of hydrazine groups is 1. The van der Waals surface area contributed by atoms with E-state index in [1.807, 2.05) is 74.3 Å². The quantitative estimate of drug-likeness (QED) is 0.0288. The Morgan fingerprint density at radius 2 is 1.29 bits per heavy atom. The Balaban J connectivity index is 0.000000168. The van der Waals surface area contributed by atoms with E-state index in [-0.39, 0.29) is 0 Å². The predicted molar refractivity (Wildman–Crippen MR) is 279 cm³/mol. The normalized spacial score (nSPS) is 13.1. The summed E-state index contributed by atoms with van der Waals surface area (Å²) in [5.41, 5.74) is 9.72. The fourth-order valence-corrected chi connectivity index (χ4v) is 8.01. The minimum absolute atomic E-state index is 0.423. The minimum atomic E-state index is -0.697. The first kappa shape index (κ1) is 45.6. The SMILES string of the molecule is C1CCOC1.NNC(=Nc1ccc(Cl)cc1)c1c(-c2cc(Cl)ccc2Cl)nc2ccccn12.S=c1[nH]nc(-c2c(-c3cc(Cl)ccc3Cl)nc3ccccn23)n1-c1ccc(Cl)cc1.[2H]C([3H])I. The van der Waals surface area contributed by atoms with E-state index >= 15 is 0 Å². The number of hydrogen-bond acceptors (Lipinski definition) is 7. The molecule has 0 radical (unpaired) electrons. The van der Waals surface area contributed by atoms with Crippen LogP contribution in [0.4, 0.5) is 5.69 Å². The molecule has 6 heterocycles. The zero-order chi connectivity index (χ0) is 47.6. The zero-order valence-electron chi connectivity index (χ0n) is 35.8. The fraction of sp³-hybridized carbons (Fsp3) is 0.109. The van der Waals surface area contributed by atoms with Gasteiger partial charge in [0, 0.05) is 59.6 Å². The summed E-state index contributed by atoms with van der Waals surface area (Å²) in [5, 5.41) is 10.9. The summed E-state index contributed by atoms with van der Waals surface area (Å²) in [5.74, 6) is 6.85. The number of ether oxygens (including phenoxy) is 1. The molecule has 1 saturated heterocycles. The molecule has 0 bridgehead atoms. The Hall–Kier alpha value is -4.52. The van der Waals surface area contributed by atoms with Gasteiger partial charge in [-0.1, -0.05) is 104 Å². The highest BCUT2D eigenvalue weighted by Crippen LogP contribution is 2.38. The van der Waals surface area contributed by atoms with Crippen molar-refractivity contribution in [3.8, 4) is 39.7 Å². The number of pyridine rings is 2. The highest BCUT2D eigenvalue weighted by molar-refractivity contribution is 14.1. The average molecular weight is 1120 g/mol. The number of nitrogens with two attached hydrogens (primary N) is 1. The van der Waals surface area contributed by atoms with E-state index in [9.17, 15) is 0 Å². The lowest BCUT2D eigenvalue weighted by atomic mass is 10.1. The Bertz CT molecular complexity index is 3200. The lowest BCUT2D eigenvalue weighted by molar-refractivity contribution is 0.198. The van der Waals surface area contributed by atoms with Crippen LogP contribution in [0, 0.1) is 4.77 Å². The third-order valence-corrected chi connectivity index (χ3v) is 11.6. The smallest absolute Gasteiger partial charge is 0.200 e. The number of amidine groups is 1. The molecule has 65 heavy (non-hydrogen) atoms. The van der Waals surface area contributed by atoms with E-state index < -0.39 is 4.88 Å². The summed E-state index contributed by atoms with van der Waals surface area (Å²) in [4.78, 5) is 13.5. The van der Waals surface area contributed by atoms with Gasteiger partial charge >= 0.3 is 0 Å². The highest BCUT2D eigenvalue weighted by Gasteiger charge is 2.24. The molecule has 1 aliphatic heterocycles. The van der Waals surface area contributed by atoms with Gasteiger partial charge in [-0.15, -0.1) is 0 Å². The first-order chi connectivity index (χ1) is 32.3. The molecule has 10 rings (SSSR count). The lowest BCUT2D eigenvalue weighted by Gasteiger charge is -2.10. The Morgan fingerprint density at radius 1 is 0.769 bits per heavy atom. The molecule has 5 aromatic heterocycles. The van der Waals surface area contributed by atoms with E-state index in [0.29, 0.717) is 80.5 Å². The second-order valence-electron chi connectivity index (χ2n) is 13.8. The molecule has 332 valence electrons. The van der Waals surface area contributed by atoms with Gasteiger partial charge in [-0.25, -0.2) is 20.8 Å². The van der Waals surface area contributed by atoms with Crippen molar-refractivity contribution >= 4 is 127 Å². The van der Waals surface area contributed by atoms with Crippen LogP contribution in [0.5, 0.6) is 0 Å². The first-order valence-corrected chi connectivity index (χ1v) is 23.4. The van der Waals surface area contributed by atoms with Gasteiger partial charge < -0.3 is 10.2 Å². The van der Waals surface area contributed by atoms with Crippen LogP contribution in [-0.4, -0.2) is 57.5 Å². The maximum atomic E-state index is 6.52. The third kappa shape index (κ3) is 11.4. The topological polar surface area (TPSA) is 128 Å². The number of rotatable bonds is 6. The number of aromatic nitrogens is 7. The van der Waals surface area contributed by atoms with Crippen LogP contribution in [0.15, 0.2) is 139 Å². The molecule has 19 heteroatoms. The van der Waals surface area contributed by atoms with Crippen LogP contribution in [0.1, 0.15) is 21.3 Å². The number of nitrogens with one attached hydrogen (secondary N) is 2. The molecule has 0 aliphatic carbocycles. The number of aromatic amines is 1. The monoisotopic (exact) mass is 1120 g/mol. The van der Waals surface area contributed by atoms with E-state index in [2.05, 4.69) is 20.6 Å². The van der Waals surface area contributed by atoms with Gasteiger partial charge in [-0.05, 0) is 139 Å². The summed E-state index contributed by atoms with van der Waals surface area (Å²) < 4.78 is 23.5. The Kier molecular flexibility index (Phi) is 16.0. The number of H-pyrrole nitrogens is 1. The standard InChI is InChI=1S/C21H12Cl3N5S.C20H14Cl3N5.C4H8O.CH3I/c22-12-4-7-14(8-5-12)29-20(26-27-21(29)30)19-18(15-11-13(23)6-9-16(15)24)25-17-3-1-2-10-28(17)19;21-12-4-7-14(8-5-12)25-20(27-24)19-18(15-11-13(22)6-9-16(15)23)26-17-3-1-2-10-28(17)19;1-2-4-5-3-1;1-2/h1-11H,(H,27,30);1-11H,24H2,(H,25,27);1-4H2;1H3/i;;;1TD. The van der Waals surface area contributed by atoms with Gasteiger partial charge in [-0.2, -0.15) is 5.10 Å². The van der Waals surface area contributed by atoms with Crippen molar-refractivity contribution in [3.63, 3.8) is 0 Å². The van der Waals surface area contributed by atoms with Crippen molar-refractivity contribution in [3.05, 3.63) is 174 Å². The third-order valence-electron chi connectivity index (χ3n) is 9.65. The zero-order valence-corrected chi connectivity index (χ0v) is 41.3. The van der Waals surface area contributed by atoms with Gasteiger partial charge in [0.2, 0.25) is 0 Å². The number of hydrogen-bond donors (Lipinski definition) is 3. The van der Waals surface area contributed by atoms with Crippen molar-refractivity contribution in [1.82, 2.24) is 39.0 Å². The van der Waals surface area contributed by atoms with Gasteiger partial charge in [0.15, 0.2) is 16.4 Å². The molecular weight excluding hydrogens is 1080 g/mol. The first-order valence-electron chi connectivity index (χ1n) is 20.6. The summed E-state index contributed by atoms with van der Waals surface area (Å²) >= 11 is 44.7. The van der Waals surface area contributed by atoms with Crippen LogP contribution in [0.2, 0.25) is 30.1 Å². The van der Waals surface area contributed by atoms with Crippen molar-refractivity contribution < 1.29 is 7.48 Å². The Labute approximate surface area is 426 Å². The summed E-state index contributed by atoms with van der Waals surface area (Å²) in [6.07, 6.45) is 6.36. The molecular formula is C46H37Cl6IN10OS. The molecule has 1 aliphatic rings. The molecule has 4 N–H and O–H groups in total. The van der Waals surface area contributed by atoms with Crippen molar-refractivity contribution in [2.75, 3.05) is 18.1 Å². The van der Waals surface area contributed by atoms with E-state index in [1.165, 1.54) is 12.8 Å². The second-order valence-corrected chi connectivity index (χ2v) is 16.7. The summed E-state index contributed by atoms with van der Waals surface area (Å²) in [6.45, 7) is 2.00. The summed E-state index contributed by atoms with van der Waals surface area (Å²) in [6, 6.07) is 36.5. The number of imidazole rings is 2. The van der Waals surface area contributed by atoms with Gasteiger partial charge in [-0.3, -0.25) is 18.5 Å². The number of nitrogens with zero attached hydrogens (tertiary/aromatic N) is 7. The van der Waals surface area contributed by atoms with Gasteiger partial charge in [0.25, 0.3) is 0 Å². The molecule has 4 aromatic carbocycles. The molecule has 1 atom stereocenters. The van der Waals surface area contributed by atoms with Crippen LogP contribution in [-0.2, 0) is 4.74 Å². The van der Waals surface area contributed by atoms with Crippen molar-refractivity contribution in [1.29, 1.82) is 0 Å². The number of fused-ring (bicyclic) bond motifs is 2. The maximum Gasteiger partial charge on any atom is 0.200 e. The fourth-order valence-electron chi connectivity index (χ4n) is 6.76. The molecule has 1 unspecified atom stereocenters. The van der Waals surface area contributed by atoms with Gasteiger partial charge in [0.1, 0.15) is 34.1 Å². The highest BCUT2D eigenvalue weighted by atomic mass is 127. The van der Waals surface area contributed by atoms with Crippen LogP contribution in [0.3, 0.4) is 0 Å². The maximum absolute atomic E-state index is 6.52. The van der Waals surface area contributed by atoms with E-state index in [1.54, 1.807) is 95.4 Å². The van der Waals surface area contributed by atoms with E-state index in [4.69, 9.17) is 105 Å². The molecule has 0 saturated carbocycles. The van der Waals surface area contributed by atoms with Crippen LogP contribution < -0.4 is 11.3 Å². The predicted octanol–water partition coefficient (Wildman–Crippen LogP) is 14.2. The summed E-state index contributed by atoms with van der Waals surface area (Å²) in [7, 11) is 0. The minimum Gasteiger partial charge on any atom is -0.381 e. The Morgan fingerprint density at radius 3 is 1.86 bits per heavy atom. The number of aliphatic imine (C=N–C) groups is 1. The number of alkyl halides is 1. The van der Waals surface area contributed by atoms with Crippen LogP contribution >= 0.6 is 104 Å². The van der Waals surface area contributed by atoms with Crippen molar-refractivity contribution in [2.45, 2.75) is 12.8 Å². The molecule has 9 aromatic rings. The molecule has 0 spiro atoms. The largest absolute Gasteiger partial charge is 0.381 e. The van der Waals surface area contributed by atoms with Gasteiger partial charge in [0.05, 0.1) is 21.4 Å². The number of halogens is 7. The van der Waals surface area contributed by atoms with Crippen LogP contribution in [0.25, 0.3) is 51.0 Å². The van der Waals surface area contributed by atoms with Crippen molar-refractivity contribution in [2.24, 2.45) is 10.8 Å². The lowest BCUT2D eigenvalue weighted by Crippen LogP contribution is -2.32. The second kappa shape index (κ2) is 22.8. The molecule has 0 amide bonds. The molecule has 11 nitrogen and oxygen atoms in total.